The number of benzene rings is 1. The molecular formula is C14H15FN2O2S. The van der Waals surface area contributed by atoms with Gasteiger partial charge >= 0.3 is 0 Å². The number of thiazole rings is 1. The van der Waals surface area contributed by atoms with E-state index in [0.29, 0.717) is 10.9 Å². The second kappa shape index (κ2) is 6.00. The molecule has 1 aromatic carbocycles. The Kier molecular flexibility index (Phi) is 4.34. The molecule has 2 rings (SSSR count). The number of hydrogen-bond acceptors (Lipinski definition) is 4. The maximum atomic E-state index is 13.0. The fourth-order valence-corrected chi connectivity index (χ4v) is 2.39. The predicted octanol–water partition coefficient (Wildman–Crippen LogP) is 2.94. The smallest absolute Gasteiger partial charge is 0.266 e. The summed E-state index contributed by atoms with van der Waals surface area (Å²) in [5.41, 5.74) is 0.913. The van der Waals surface area contributed by atoms with E-state index in [9.17, 15) is 9.18 Å². The molecule has 20 heavy (non-hydrogen) atoms. The highest BCUT2D eigenvalue weighted by Gasteiger charge is 2.16. The zero-order valence-electron chi connectivity index (χ0n) is 11.5. The number of hydrogen-bond donors (Lipinski definition) is 0. The van der Waals surface area contributed by atoms with Crippen LogP contribution < -0.4 is 9.64 Å². The zero-order valence-corrected chi connectivity index (χ0v) is 12.3. The van der Waals surface area contributed by atoms with Crippen molar-refractivity contribution in [1.82, 2.24) is 4.98 Å². The highest BCUT2D eigenvalue weighted by atomic mass is 32.1. The highest BCUT2D eigenvalue weighted by Crippen LogP contribution is 2.24. The third-order valence-corrected chi connectivity index (χ3v) is 3.99. The molecule has 6 heteroatoms. The van der Waals surface area contributed by atoms with Crippen molar-refractivity contribution in [3.05, 3.63) is 40.7 Å². The molecule has 0 N–H and O–H groups in total. The maximum absolute atomic E-state index is 13.0. The van der Waals surface area contributed by atoms with Crippen LogP contribution in [0.4, 0.5) is 9.52 Å². The summed E-state index contributed by atoms with van der Waals surface area (Å²) < 4.78 is 18.3. The summed E-state index contributed by atoms with van der Waals surface area (Å²) in [5.74, 6) is -0.296. The molecule has 0 aliphatic rings. The molecule has 0 aliphatic heterocycles. The molecule has 0 atom stereocenters. The molecule has 2 aromatic rings. The second-order valence-corrected chi connectivity index (χ2v) is 5.52. The average molecular weight is 294 g/mol. The molecule has 0 aliphatic carbocycles. The lowest BCUT2D eigenvalue weighted by atomic mass is 10.3. The number of amides is 1. The number of carbonyl (C=O) groups is 1. The number of ether oxygens (including phenoxy) is 1. The summed E-state index contributed by atoms with van der Waals surface area (Å²) in [6, 6.07) is 5.70. The Bertz CT molecular complexity index is 608. The van der Waals surface area contributed by atoms with Crippen molar-refractivity contribution in [2.24, 2.45) is 0 Å². The molecule has 4 nitrogen and oxygen atoms in total. The number of likely N-dealkylation sites (N-methyl/N-ethyl adjacent to an activating group) is 1. The van der Waals surface area contributed by atoms with E-state index < -0.39 is 5.82 Å². The fourth-order valence-electron chi connectivity index (χ4n) is 1.50. The van der Waals surface area contributed by atoms with Crippen molar-refractivity contribution in [3.63, 3.8) is 0 Å². The van der Waals surface area contributed by atoms with Crippen molar-refractivity contribution in [2.45, 2.75) is 13.8 Å². The van der Waals surface area contributed by atoms with Crippen LogP contribution >= 0.6 is 11.3 Å². The number of anilines is 1. The molecule has 0 spiro atoms. The van der Waals surface area contributed by atoms with Crippen LogP contribution in [-0.2, 0) is 4.79 Å². The maximum Gasteiger partial charge on any atom is 0.266 e. The molecule has 0 unspecified atom stereocenters. The van der Waals surface area contributed by atoms with Crippen LogP contribution in [0.25, 0.3) is 0 Å². The third kappa shape index (κ3) is 3.33. The van der Waals surface area contributed by atoms with Crippen LogP contribution in [-0.4, -0.2) is 24.5 Å². The number of halogens is 1. The lowest BCUT2D eigenvalue weighted by Gasteiger charge is -2.14. The van der Waals surface area contributed by atoms with Gasteiger partial charge in [0, 0.05) is 18.0 Å². The second-order valence-electron chi connectivity index (χ2n) is 4.34. The van der Waals surface area contributed by atoms with Gasteiger partial charge in [-0.05, 0) is 26.0 Å². The Morgan fingerprint density at radius 2 is 2.20 bits per heavy atom. The van der Waals surface area contributed by atoms with E-state index in [1.165, 1.54) is 34.4 Å². The first-order valence-electron chi connectivity index (χ1n) is 6.06. The summed E-state index contributed by atoms with van der Waals surface area (Å²) in [6.07, 6.45) is 0. The minimum atomic E-state index is -0.394. The van der Waals surface area contributed by atoms with Crippen molar-refractivity contribution >= 4 is 22.4 Å². The lowest BCUT2D eigenvalue weighted by molar-refractivity contribution is -0.120. The van der Waals surface area contributed by atoms with Gasteiger partial charge in [-0.1, -0.05) is 6.07 Å². The van der Waals surface area contributed by atoms with Crippen molar-refractivity contribution in [1.29, 1.82) is 0 Å². The van der Waals surface area contributed by atoms with Gasteiger partial charge < -0.3 is 4.74 Å². The third-order valence-electron chi connectivity index (χ3n) is 2.84. The molecule has 0 saturated heterocycles. The molecule has 1 aromatic heterocycles. The number of carbonyl (C=O) groups excluding carboxylic acids is 1. The topological polar surface area (TPSA) is 42.4 Å². The van der Waals surface area contributed by atoms with E-state index in [4.69, 9.17) is 4.74 Å². The minimum absolute atomic E-state index is 0.155. The van der Waals surface area contributed by atoms with Crippen LogP contribution in [0.1, 0.15) is 10.6 Å². The van der Waals surface area contributed by atoms with E-state index in [0.717, 1.165) is 10.6 Å². The van der Waals surface area contributed by atoms with E-state index >= 15 is 0 Å². The summed E-state index contributed by atoms with van der Waals surface area (Å²) in [6.45, 7) is 3.70. The van der Waals surface area contributed by atoms with Crippen LogP contribution in [0.15, 0.2) is 24.3 Å². The van der Waals surface area contributed by atoms with Gasteiger partial charge in [-0.2, -0.15) is 0 Å². The monoisotopic (exact) mass is 294 g/mol. The molecule has 1 amide bonds. The largest absolute Gasteiger partial charge is 0.484 e. The van der Waals surface area contributed by atoms with Crippen molar-refractivity contribution < 1.29 is 13.9 Å². The van der Waals surface area contributed by atoms with Gasteiger partial charge in [-0.15, -0.1) is 11.3 Å². The Labute approximate surface area is 120 Å². The molecule has 0 fully saturated rings. The van der Waals surface area contributed by atoms with Gasteiger partial charge in [0.2, 0.25) is 0 Å². The molecule has 0 bridgehead atoms. The first kappa shape index (κ1) is 14.5. The Hall–Kier alpha value is -1.95. The standard InChI is InChI=1S/C14H15FN2O2S/c1-9-10(2)20-14(16-9)17(3)13(18)8-19-12-6-4-5-11(15)7-12/h4-7H,8H2,1-3H3. The zero-order chi connectivity index (χ0) is 14.7. The first-order chi connectivity index (χ1) is 9.47. The Balaban J connectivity index is 1.98. The van der Waals surface area contributed by atoms with E-state index in [1.54, 1.807) is 13.1 Å². The number of rotatable bonds is 4. The SMILES string of the molecule is Cc1nc(N(C)C(=O)COc2cccc(F)c2)sc1C. The molecule has 1 heterocycles. The molecular weight excluding hydrogens is 279 g/mol. The van der Waals surface area contributed by atoms with Crippen LogP contribution in [0.5, 0.6) is 5.75 Å². The molecule has 0 saturated carbocycles. The van der Waals surface area contributed by atoms with Gasteiger partial charge in [0.15, 0.2) is 11.7 Å². The first-order valence-corrected chi connectivity index (χ1v) is 6.88. The normalized spacial score (nSPS) is 10.4. The van der Waals surface area contributed by atoms with Gasteiger partial charge in [0.1, 0.15) is 11.6 Å². The highest BCUT2D eigenvalue weighted by molar-refractivity contribution is 7.15. The van der Waals surface area contributed by atoms with Crippen LogP contribution in [0.2, 0.25) is 0 Å². The number of aromatic nitrogens is 1. The van der Waals surface area contributed by atoms with Gasteiger partial charge in [-0.25, -0.2) is 9.37 Å². The van der Waals surface area contributed by atoms with Crippen LogP contribution in [0, 0.1) is 19.7 Å². The predicted molar refractivity (Wildman–Crippen MR) is 76.9 cm³/mol. The van der Waals surface area contributed by atoms with Gasteiger partial charge in [0.05, 0.1) is 5.69 Å². The Morgan fingerprint density at radius 3 is 2.80 bits per heavy atom. The van der Waals surface area contributed by atoms with E-state index in [2.05, 4.69) is 4.98 Å². The van der Waals surface area contributed by atoms with Crippen molar-refractivity contribution in [2.75, 3.05) is 18.6 Å². The van der Waals surface area contributed by atoms with Crippen molar-refractivity contribution in [3.8, 4) is 5.75 Å². The van der Waals surface area contributed by atoms with Crippen LogP contribution in [0.3, 0.4) is 0 Å². The number of aryl methyl sites for hydroxylation is 2. The molecule has 106 valence electrons. The quantitative estimate of drug-likeness (QED) is 0.870. The van der Waals surface area contributed by atoms with Gasteiger partial charge in [0.25, 0.3) is 5.91 Å². The Morgan fingerprint density at radius 1 is 1.45 bits per heavy atom. The van der Waals surface area contributed by atoms with E-state index in [1.807, 2.05) is 13.8 Å². The summed E-state index contributed by atoms with van der Waals surface area (Å²) in [4.78, 5) is 18.8. The van der Waals surface area contributed by atoms with E-state index in [-0.39, 0.29) is 12.5 Å². The lowest BCUT2D eigenvalue weighted by Crippen LogP contribution is -2.31. The summed E-state index contributed by atoms with van der Waals surface area (Å²) in [7, 11) is 1.65. The van der Waals surface area contributed by atoms with Gasteiger partial charge in [-0.3, -0.25) is 9.69 Å². The average Bonchev–Trinajstić information content (AvgIpc) is 2.75. The summed E-state index contributed by atoms with van der Waals surface area (Å²) >= 11 is 1.45. The minimum Gasteiger partial charge on any atom is -0.484 e. The molecule has 0 radical (unpaired) electrons. The number of nitrogens with zero attached hydrogens (tertiary/aromatic N) is 2. The summed E-state index contributed by atoms with van der Waals surface area (Å²) in [5, 5.41) is 0.632. The fraction of sp³-hybridized carbons (Fsp3) is 0.286.